The largest absolute Gasteiger partial charge is 0.492 e. The van der Waals surface area contributed by atoms with E-state index in [0.29, 0.717) is 18.2 Å². The van der Waals surface area contributed by atoms with Crippen molar-refractivity contribution in [2.45, 2.75) is 13.8 Å². The molecule has 4 aromatic rings. The number of nitrogens with one attached hydrogen (secondary N) is 1. The Labute approximate surface area is 151 Å². The summed E-state index contributed by atoms with van der Waals surface area (Å²) in [6.45, 7) is 4.51. The lowest BCUT2D eigenvalue weighted by Crippen LogP contribution is -2.04. The summed E-state index contributed by atoms with van der Waals surface area (Å²) < 4.78 is 7.42. The van der Waals surface area contributed by atoms with Gasteiger partial charge in [0.05, 0.1) is 12.3 Å². The van der Waals surface area contributed by atoms with Crippen LogP contribution >= 0.6 is 0 Å². The van der Waals surface area contributed by atoms with E-state index < -0.39 is 0 Å². The topological polar surface area (TPSA) is 64.3 Å². The van der Waals surface area contributed by atoms with Crippen LogP contribution in [0.5, 0.6) is 5.75 Å². The summed E-state index contributed by atoms with van der Waals surface area (Å²) in [7, 11) is 0. The predicted molar refractivity (Wildman–Crippen MR) is 102 cm³/mol. The van der Waals surface area contributed by atoms with E-state index in [1.54, 1.807) is 4.52 Å². The molecule has 0 spiro atoms. The molecule has 0 fully saturated rings. The van der Waals surface area contributed by atoms with Crippen molar-refractivity contribution in [2.24, 2.45) is 0 Å². The first-order valence-electron chi connectivity index (χ1n) is 8.53. The standard InChI is InChI=1S/C20H19N5O/c1-3-26-17-12-8-7-11-16(17)22-18-13-14(2)21-20-23-19(24-25(18)20)15-9-5-4-6-10-15/h4-13,22H,3H2,1-2H3. The maximum atomic E-state index is 5.70. The van der Waals surface area contributed by atoms with E-state index in [1.165, 1.54) is 0 Å². The van der Waals surface area contributed by atoms with Gasteiger partial charge in [-0.05, 0) is 26.0 Å². The Bertz CT molecular complexity index is 1040. The fourth-order valence-corrected chi connectivity index (χ4v) is 2.77. The van der Waals surface area contributed by atoms with Crippen molar-refractivity contribution in [3.63, 3.8) is 0 Å². The fraction of sp³-hybridized carbons (Fsp3) is 0.150. The minimum absolute atomic E-state index is 0.556. The molecular formula is C20H19N5O. The quantitative estimate of drug-likeness (QED) is 0.586. The van der Waals surface area contributed by atoms with Gasteiger partial charge in [-0.2, -0.15) is 9.50 Å². The summed E-state index contributed by atoms with van der Waals surface area (Å²) >= 11 is 0. The smallest absolute Gasteiger partial charge is 0.254 e. The van der Waals surface area contributed by atoms with E-state index >= 15 is 0 Å². The first kappa shape index (κ1) is 16.1. The SMILES string of the molecule is CCOc1ccccc1Nc1cc(C)nc2nc(-c3ccccc3)nn12. The predicted octanol–water partition coefficient (Wildman–Crippen LogP) is 4.24. The van der Waals surface area contributed by atoms with Gasteiger partial charge in [-0.25, -0.2) is 4.98 Å². The van der Waals surface area contributed by atoms with Crippen molar-refractivity contribution in [2.75, 3.05) is 11.9 Å². The molecule has 0 radical (unpaired) electrons. The third-order valence-electron chi connectivity index (χ3n) is 3.92. The molecule has 0 amide bonds. The lowest BCUT2D eigenvalue weighted by molar-refractivity contribution is 0.342. The van der Waals surface area contributed by atoms with Crippen molar-refractivity contribution in [1.82, 2.24) is 19.6 Å². The van der Waals surface area contributed by atoms with Crippen LogP contribution in [0.2, 0.25) is 0 Å². The molecule has 1 N–H and O–H groups in total. The van der Waals surface area contributed by atoms with Crippen LogP contribution in [0.25, 0.3) is 17.2 Å². The summed E-state index contributed by atoms with van der Waals surface area (Å²) in [5.41, 5.74) is 2.69. The van der Waals surface area contributed by atoms with E-state index in [-0.39, 0.29) is 0 Å². The van der Waals surface area contributed by atoms with Crippen LogP contribution in [0.3, 0.4) is 0 Å². The number of anilines is 2. The highest BCUT2D eigenvalue weighted by Crippen LogP contribution is 2.28. The fourth-order valence-electron chi connectivity index (χ4n) is 2.77. The maximum Gasteiger partial charge on any atom is 0.254 e. The number of hydrogen-bond acceptors (Lipinski definition) is 5. The molecule has 2 aromatic heterocycles. The molecule has 0 aliphatic carbocycles. The van der Waals surface area contributed by atoms with Crippen LogP contribution in [0.4, 0.5) is 11.5 Å². The Morgan fingerprint density at radius 1 is 1.00 bits per heavy atom. The molecule has 0 aliphatic rings. The van der Waals surface area contributed by atoms with Gasteiger partial charge in [0.2, 0.25) is 0 Å². The van der Waals surface area contributed by atoms with Crippen LogP contribution in [0, 0.1) is 6.92 Å². The molecule has 0 unspecified atom stereocenters. The van der Waals surface area contributed by atoms with Gasteiger partial charge >= 0.3 is 0 Å². The maximum absolute atomic E-state index is 5.70. The molecule has 0 aliphatic heterocycles. The average Bonchev–Trinajstić information content (AvgIpc) is 3.08. The van der Waals surface area contributed by atoms with Gasteiger partial charge in [0.15, 0.2) is 5.82 Å². The van der Waals surface area contributed by atoms with Crippen LogP contribution in [-0.4, -0.2) is 26.2 Å². The van der Waals surface area contributed by atoms with E-state index in [4.69, 9.17) is 4.74 Å². The number of hydrogen-bond donors (Lipinski definition) is 1. The number of nitrogens with zero attached hydrogens (tertiary/aromatic N) is 4. The Morgan fingerprint density at radius 2 is 1.77 bits per heavy atom. The summed E-state index contributed by atoms with van der Waals surface area (Å²) in [4.78, 5) is 9.08. The molecule has 26 heavy (non-hydrogen) atoms. The second kappa shape index (κ2) is 6.84. The summed E-state index contributed by atoms with van der Waals surface area (Å²) in [6.07, 6.45) is 0. The number of fused-ring (bicyclic) bond motifs is 1. The molecule has 2 heterocycles. The van der Waals surface area contributed by atoms with E-state index in [0.717, 1.165) is 28.5 Å². The van der Waals surface area contributed by atoms with Crippen molar-refractivity contribution in [3.8, 4) is 17.1 Å². The highest BCUT2D eigenvalue weighted by atomic mass is 16.5. The zero-order chi connectivity index (χ0) is 17.9. The van der Waals surface area contributed by atoms with Crippen LogP contribution in [-0.2, 0) is 0 Å². The molecular weight excluding hydrogens is 326 g/mol. The molecule has 0 saturated carbocycles. The molecule has 0 atom stereocenters. The second-order valence-corrected chi connectivity index (χ2v) is 5.85. The van der Waals surface area contributed by atoms with Gasteiger partial charge in [0.25, 0.3) is 5.78 Å². The molecule has 6 nitrogen and oxygen atoms in total. The Morgan fingerprint density at radius 3 is 2.58 bits per heavy atom. The molecule has 4 rings (SSSR count). The Hall–Kier alpha value is -3.41. The number of benzene rings is 2. The highest BCUT2D eigenvalue weighted by Gasteiger charge is 2.13. The van der Waals surface area contributed by atoms with Gasteiger partial charge in [-0.15, -0.1) is 5.10 Å². The number of aromatic nitrogens is 4. The lowest BCUT2D eigenvalue weighted by atomic mass is 10.2. The zero-order valence-electron chi connectivity index (χ0n) is 14.7. The average molecular weight is 345 g/mol. The van der Waals surface area contributed by atoms with Crippen LogP contribution in [0.1, 0.15) is 12.6 Å². The monoisotopic (exact) mass is 345 g/mol. The van der Waals surface area contributed by atoms with Crippen molar-refractivity contribution in [1.29, 1.82) is 0 Å². The summed E-state index contributed by atoms with van der Waals surface area (Å²) in [5, 5.41) is 8.04. The normalized spacial score (nSPS) is 10.8. The number of para-hydroxylation sites is 2. The summed E-state index contributed by atoms with van der Waals surface area (Å²) in [6, 6.07) is 19.7. The summed E-state index contributed by atoms with van der Waals surface area (Å²) in [5.74, 6) is 2.78. The lowest BCUT2D eigenvalue weighted by Gasteiger charge is -2.13. The van der Waals surface area contributed by atoms with Gasteiger partial charge in [0, 0.05) is 17.3 Å². The minimum atomic E-state index is 0.556. The highest BCUT2D eigenvalue weighted by molar-refractivity contribution is 5.66. The molecule has 2 aromatic carbocycles. The minimum Gasteiger partial charge on any atom is -0.492 e. The van der Waals surface area contributed by atoms with Gasteiger partial charge < -0.3 is 10.1 Å². The van der Waals surface area contributed by atoms with Gasteiger partial charge in [-0.1, -0.05) is 42.5 Å². The van der Waals surface area contributed by atoms with E-state index in [9.17, 15) is 0 Å². The first-order chi connectivity index (χ1) is 12.7. The van der Waals surface area contributed by atoms with E-state index in [1.807, 2.05) is 74.5 Å². The third kappa shape index (κ3) is 3.09. The number of aryl methyl sites for hydroxylation is 1. The first-order valence-corrected chi connectivity index (χ1v) is 8.53. The van der Waals surface area contributed by atoms with Crippen LogP contribution in [0.15, 0.2) is 60.7 Å². The van der Waals surface area contributed by atoms with Crippen molar-refractivity contribution < 1.29 is 4.74 Å². The third-order valence-corrected chi connectivity index (χ3v) is 3.92. The van der Waals surface area contributed by atoms with Crippen LogP contribution < -0.4 is 10.1 Å². The number of ether oxygens (including phenoxy) is 1. The number of rotatable bonds is 5. The second-order valence-electron chi connectivity index (χ2n) is 5.85. The molecule has 0 bridgehead atoms. The van der Waals surface area contributed by atoms with E-state index in [2.05, 4.69) is 20.4 Å². The molecule has 0 saturated heterocycles. The zero-order valence-corrected chi connectivity index (χ0v) is 14.7. The van der Waals surface area contributed by atoms with Gasteiger partial charge in [0.1, 0.15) is 11.6 Å². The Balaban J connectivity index is 1.79. The van der Waals surface area contributed by atoms with Crippen molar-refractivity contribution in [3.05, 3.63) is 66.4 Å². The van der Waals surface area contributed by atoms with Gasteiger partial charge in [-0.3, -0.25) is 0 Å². The molecule has 6 heteroatoms. The Kier molecular flexibility index (Phi) is 4.23. The van der Waals surface area contributed by atoms with Crippen molar-refractivity contribution >= 4 is 17.3 Å². The molecule has 130 valence electrons.